The topological polar surface area (TPSA) is 40.9 Å². The third kappa shape index (κ3) is 3.57. The van der Waals surface area contributed by atoms with E-state index in [0.717, 1.165) is 0 Å². The fourth-order valence-electron chi connectivity index (χ4n) is 0.208. The summed E-state index contributed by atoms with van der Waals surface area (Å²) in [5, 5.41) is 0. The van der Waals surface area contributed by atoms with Crippen LogP contribution in [0.2, 0.25) is 0 Å². The van der Waals surface area contributed by atoms with Gasteiger partial charge >= 0.3 is 6.08 Å². The molecular weight excluding hydrogens is 135 g/mol. The lowest BCUT2D eigenvalue weighted by atomic mass is 10.4. The molecule has 0 heterocycles. The third-order valence-corrected chi connectivity index (χ3v) is 0.521. The molecule has 0 fully saturated rings. The van der Waals surface area contributed by atoms with Gasteiger partial charge in [0.2, 0.25) is 5.91 Å². The molecule has 5 heteroatoms. The Morgan fingerprint density at radius 1 is 1.33 bits per heavy atom. The van der Waals surface area contributed by atoms with Crippen LogP contribution >= 0.6 is 0 Å². The summed E-state index contributed by atoms with van der Waals surface area (Å²) < 4.78 is 33.7. The lowest BCUT2D eigenvalue weighted by Crippen LogP contribution is -1.97. The molecule has 1 N–H and O–H groups in total. The van der Waals surface area contributed by atoms with E-state index in [0.29, 0.717) is 0 Å². The van der Waals surface area contributed by atoms with Crippen LogP contribution in [0.1, 0.15) is 6.42 Å². The van der Waals surface area contributed by atoms with E-state index < -0.39 is 24.2 Å². The summed E-state index contributed by atoms with van der Waals surface area (Å²) in [5.74, 6) is -3.18. The minimum absolute atomic E-state index is 1.14. The van der Waals surface area contributed by atoms with Crippen molar-refractivity contribution in [2.45, 2.75) is 6.42 Å². The Kier molecular flexibility index (Phi) is 2.77. The van der Waals surface area contributed by atoms with Crippen molar-refractivity contribution in [1.82, 2.24) is 5.73 Å². The van der Waals surface area contributed by atoms with E-state index in [1.54, 1.807) is 0 Å². The molecule has 0 saturated carbocycles. The van der Waals surface area contributed by atoms with Gasteiger partial charge in [0.25, 0.3) is 0 Å². The molecular formula is C4H3F3NO. The van der Waals surface area contributed by atoms with Crippen LogP contribution in [0.25, 0.3) is 0 Å². The van der Waals surface area contributed by atoms with Crippen molar-refractivity contribution < 1.29 is 18.0 Å². The van der Waals surface area contributed by atoms with Crippen LogP contribution in [0, 0.1) is 0 Å². The number of carbonyl (C=O) groups is 1. The molecule has 0 aromatic rings. The summed E-state index contributed by atoms with van der Waals surface area (Å²) in [5.41, 5.74) is 6.06. The zero-order valence-corrected chi connectivity index (χ0v) is 4.25. The molecule has 0 aliphatic carbocycles. The van der Waals surface area contributed by atoms with E-state index in [1.807, 2.05) is 0 Å². The zero-order chi connectivity index (χ0) is 7.44. The highest BCUT2D eigenvalue weighted by Gasteiger charge is 2.07. The number of hydrogen-bond donors (Lipinski definition) is 0. The van der Waals surface area contributed by atoms with Gasteiger partial charge in [0, 0.05) is 0 Å². The maximum atomic E-state index is 11.6. The monoisotopic (exact) mass is 138 g/mol. The van der Waals surface area contributed by atoms with Gasteiger partial charge in [-0.2, -0.15) is 8.78 Å². The van der Waals surface area contributed by atoms with E-state index in [4.69, 9.17) is 5.73 Å². The Hall–Kier alpha value is -1.00. The van der Waals surface area contributed by atoms with Crippen LogP contribution < -0.4 is 5.73 Å². The summed E-state index contributed by atoms with van der Waals surface area (Å²) in [6, 6.07) is 0. The van der Waals surface area contributed by atoms with Gasteiger partial charge in [-0.05, 0) is 0 Å². The quantitative estimate of drug-likeness (QED) is 0.566. The van der Waals surface area contributed by atoms with Gasteiger partial charge in [-0.1, -0.05) is 0 Å². The first-order valence-electron chi connectivity index (χ1n) is 1.98. The molecule has 2 nitrogen and oxygen atoms in total. The molecule has 0 bridgehead atoms. The van der Waals surface area contributed by atoms with Gasteiger partial charge in [0.1, 0.15) is 0 Å². The maximum absolute atomic E-state index is 11.6. The molecule has 0 atom stereocenters. The number of rotatable bonds is 2. The fraction of sp³-hybridized carbons (Fsp3) is 0.250. The molecule has 0 saturated heterocycles. The van der Waals surface area contributed by atoms with Crippen molar-refractivity contribution in [1.29, 1.82) is 0 Å². The first kappa shape index (κ1) is 8.00. The van der Waals surface area contributed by atoms with E-state index >= 15 is 0 Å². The van der Waals surface area contributed by atoms with Crippen molar-refractivity contribution in [2.24, 2.45) is 0 Å². The van der Waals surface area contributed by atoms with Crippen molar-refractivity contribution >= 4 is 5.91 Å². The van der Waals surface area contributed by atoms with Crippen molar-refractivity contribution in [3.05, 3.63) is 11.9 Å². The smallest absolute Gasteiger partial charge is 0.273 e. The average Bonchev–Trinajstić information content (AvgIpc) is 1.63. The molecule has 1 amide bonds. The molecule has 0 aromatic carbocycles. The highest BCUT2D eigenvalue weighted by Crippen LogP contribution is 2.11. The second-order valence-corrected chi connectivity index (χ2v) is 1.27. The molecule has 51 valence electrons. The Morgan fingerprint density at radius 3 is 1.89 bits per heavy atom. The summed E-state index contributed by atoms with van der Waals surface area (Å²) in [4.78, 5) is 9.62. The molecule has 0 rings (SSSR count). The molecule has 0 aromatic heterocycles. The number of amides is 1. The Bertz CT molecular complexity index is 150. The second-order valence-electron chi connectivity index (χ2n) is 1.27. The van der Waals surface area contributed by atoms with Crippen LogP contribution in [-0.2, 0) is 4.79 Å². The first-order chi connectivity index (χ1) is 4.04. The molecule has 1 radical (unpaired) electrons. The lowest BCUT2D eigenvalue weighted by molar-refractivity contribution is -0.118. The first-order valence-corrected chi connectivity index (χ1v) is 1.98. The van der Waals surface area contributed by atoms with Crippen LogP contribution in [0.15, 0.2) is 11.9 Å². The normalized spacial score (nSPS) is 8.78. The van der Waals surface area contributed by atoms with Crippen LogP contribution in [-0.4, -0.2) is 5.91 Å². The van der Waals surface area contributed by atoms with Gasteiger partial charge in [-0.25, -0.2) is 4.39 Å². The predicted molar refractivity (Wildman–Crippen MR) is 23.1 cm³/mol. The van der Waals surface area contributed by atoms with Gasteiger partial charge in [-0.15, -0.1) is 0 Å². The third-order valence-electron chi connectivity index (χ3n) is 0.521. The number of halogens is 3. The van der Waals surface area contributed by atoms with E-state index in [2.05, 4.69) is 0 Å². The number of carbonyl (C=O) groups excluding carboxylic acids is 1. The Labute approximate surface area is 49.1 Å². The number of nitrogens with one attached hydrogen (secondary N) is 1. The summed E-state index contributed by atoms with van der Waals surface area (Å²) in [6.45, 7) is 0. The van der Waals surface area contributed by atoms with Crippen LogP contribution in [0.4, 0.5) is 13.2 Å². The van der Waals surface area contributed by atoms with Crippen LogP contribution in [0.3, 0.4) is 0 Å². The summed E-state index contributed by atoms with van der Waals surface area (Å²) in [7, 11) is 0. The standard InChI is InChI=1S/C4H3F3NO/c5-2(4(6)7)1-3(8)9/h8H,1H2. The molecule has 0 aliphatic heterocycles. The van der Waals surface area contributed by atoms with E-state index in [-0.39, 0.29) is 0 Å². The lowest BCUT2D eigenvalue weighted by Gasteiger charge is -1.86. The summed E-state index contributed by atoms with van der Waals surface area (Å²) in [6.07, 6.45) is -3.67. The van der Waals surface area contributed by atoms with Gasteiger partial charge in [0.05, 0.1) is 6.42 Å². The van der Waals surface area contributed by atoms with E-state index in [9.17, 15) is 18.0 Å². The Morgan fingerprint density at radius 2 is 1.78 bits per heavy atom. The minimum Gasteiger partial charge on any atom is -0.273 e. The average molecular weight is 138 g/mol. The molecule has 0 unspecified atom stereocenters. The summed E-state index contributed by atoms with van der Waals surface area (Å²) >= 11 is 0. The predicted octanol–water partition coefficient (Wildman–Crippen LogP) is 1.26. The largest absolute Gasteiger partial charge is 0.302 e. The number of hydrogen-bond acceptors (Lipinski definition) is 1. The molecule has 9 heavy (non-hydrogen) atoms. The second kappa shape index (κ2) is 3.11. The van der Waals surface area contributed by atoms with Crippen molar-refractivity contribution in [2.75, 3.05) is 0 Å². The zero-order valence-electron chi connectivity index (χ0n) is 4.25. The van der Waals surface area contributed by atoms with E-state index in [1.165, 1.54) is 0 Å². The molecule has 0 aliphatic rings. The van der Waals surface area contributed by atoms with Crippen molar-refractivity contribution in [3.63, 3.8) is 0 Å². The van der Waals surface area contributed by atoms with Gasteiger partial charge in [-0.3, -0.25) is 10.5 Å². The maximum Gasteiger partial charge on any atom is 0.302 e. The van der Waals surface area contributed by atoms with Crippen molar-refractivity contribution in [3.8, 4) is 0 Å². The highest BCUT2D eigenvalue weighted by atomic mass is 19.3. The highest BCUT2D eigenvalue weighted by molar-refractivity contribution is 5.75. The van der Waals surface area contributed by atoms with Gasteiger partial charge in [0.15, 0.2) is 5.83 Å². The minimum atomic E-state index is -2.53. The fourth-order valence-corrected chi connectivity index (χ4v) is 0.208. The Balaban J connectivity index is 3.92. The molecule has 0 spiro atoms. The van der Waals surface area contributed by atoms with Gasteiger partial charge < -0.3 is 0 Å². The van der Waals surface area contributed by atoms with Crippen LogP contribution in [0.5, 0.6) is 0 Å². The SMILES string of the molecule is [NH]C(=O)CC(F)=C(F)F.